The van der Waals surface area contributed by atoms with Gasteiger partial charge >= 0.3 is 5.97 Å². The Kier molecular flexibility index (Phi) is 9.26. The Morgan fingerprint density at radius 2 is 1.61 bits per heavy atom. The van der Waals surface area contributed by atoms with Crippen molar-refractivity contribution < 1.29 is 37.5 Å². The molecule has 3 aromatic carbocycles. The number of carboxylic acids is 1. The summed E-state index contributed by atoms with van der Waals surface area (Å²) >= 11 is 0. The number of halogens is 1. The van der Waals surface area contributed by atoms with Gasteiger partial charge in [-0.1, -0.05) is 51.1 Å². The van der Waals surface area contributed by atoms with Gasteiger partial charge in [0.05, 0.1) is 24.8 Å². The van der Waals surface area contributed by atoms with Gasteiger partial charge in [-0.05, 0) is 72.4 Å². The molecule has 6 nitrogen and oxygen atoms in total. The summed E-state index contributed by atoms with van der Waals surface area (Å²) in [6.45, 7) is 11.5. The second-order valence-electron chi connectivity index (χ2n) is 10.7. The van der Waals surface area contributed by atoms with E-state index < -0.39 is 5.97 Å². The normalized spacial score (nSPS) is 11.6. The van der Waals surface area contributed by atoms with Crippen molar-refractivity contribution in [2.45, 2.75) is 52.7 Å². The molecule has 0 radical (unpaired) electrons. The number of nitrogens with two attached hydrogens (primary N) is 1. The molecule has 4 aromatic rings. The van der Waals surface area contributed by atoms with Gasteiger partial charge in [-0.3, -0.25) is 0 Å². The van der Waals surface area contributed by atoms with Crippen molar-refractivity contribution in [2.75, 3.05) is 13.2 Å². The van der Waals surface area contributed by atoms with Gasteiger partial charge in [-0.15, -0.1) is 0 Å². The number of carbonyl (C=O) groups is 1. The first-order valence-corrected chi connectivity index (χ1v) is 12.8. The first-order chi connectivity index (χ1) is 17.6. The van der Waals surface area contributed by atoms with Crippen LogP contribution in [0.2, 0.25) is 0 Å². The number of quaternary nitrogens is 1. The SMILES string of the molecule is CC(C)Oc1ccc(-n2c(C(=O)O)c(C[NH2+]CCO)c3cc(-c4ccc(C(C)(C)C)cc4)ccc32)cc1.[Cl-]. The van der Waals surface area contributed by atoms with Crippen molar-refractivity contribution in [3.05, 3.63) is 83.6 Å². The van der Waals surface area contributed by atoms with E-state index in [0.29, 0.717) is 13.1 Å². The Hall–Kier alpha value is -3.32. The molecule has 38 heavy (non-hydrogen) atoms. The molecule has 0 saturated heterocycles. The zero-order chi connectivity index (χ0) is 26.7. The molecule has 0 aliphatic heterocycles. The monoisotopic (exact) mass is 536 g/mol. The maximum Gasteiger partial charge on any atom is 0.353 e. The zero-order valence-corrected chi connectivity index (χ0v) is 23.4. The van der Waals surface area contributed by atoms with Gasteiger partial charge in [0.1, 0.15) is 18.0 Å². The summed E-state index contributed by atoms with van der Waals surface area (Å²) < 4.78 is 7.59. The van der Waals surface area contributed by atoms with Gasteiger partial charge in [0.15, 0.2) is 0 Å². The summed E-state index contributed by atoms with van der Waals surface area (Å²) in [6.07, 6.45) is 0.0531. The lowest BCUT2D eigenvalue weighted by atomic mass is 9.86. The molecule has 0 unspecified atom stereocenters. The average molecular weight is 537 g/mol. The first kappa shape index (κ1) is 29.2. The highest BCUT2D eigenvalue weighted by Crippen LogP contribution is 2.34. The molecule has 0 spiro atoms. The number of aliphatic hydroxyl groups is 1. The number of nitrogens with zero attached hydrogens (tertiary/aromatic N) is 1. The van der Waals surface area contributed by atoms with Crippen LogP contribution in [-0.4, -0.2) is 40.0 Å². The molecule has 0 saturated carbocycles. The minimum absolute atomic E-state index is 0. The lowest BCUT2D eigenvalue weighted by Crippen LogP contribution is -3.00. The third-order valence-corrected chi connectivity index (χ3v) is 6.51. The van der Waals surface area contributed by atoms with Crippen molar-refractivity contribution in [3.63, 3.8) is 0 Å². The average Bonchev–Trinajstić information content (AvgIpc) is 3.18. The third-order valence-electron chi connectivity index (χ3n) is 6.51. The van der Waals surface area contributed by atoms with Gasteiger partial charge in [0.25, 0.3) is 0 Å². The topological polar surface area (TPSA) is 88.3 Å². The fraction of sp³-hybridized carbons (Fsp3) is 0.323. The van der Waals surface area contributed by atoms with Crippen molar-refractivity contribution in [1.82, 2.24) is 4.57 Å². The van der Waals surface area contributed by atoms with Crippen LogP contribution in [0, 0.1) is 0 Å². The Labute approximate surface area is 230 Å². The Balaban J connectivity index is 0.00000400. The highest BCUT2D eigenvalue weighted by atomic mass is 35.5. The van der Waals surface area contributed by atoms with Gasteiger partial charge in [-0.2, -0.15) is 0 Å². The molecule has 202 valence electrons. The van der Waals surface area contributed by atoms with Crippen LogP contribution < -0.4 is 22.5 Å². The van der Waals surface area contributed by atoms with Crippen LogP contribution in [0.5, 0.6) is 5.75 Å². The second-order valence-corrected chi connectivity index (χ2v) is 10.7. The zero-order valence-electron chi connectivity index (χ0n) is 22.7. The highest BCUT2D eigenvalue weighted by molar-refractivity contribution is 6.01. The number of aromatic nitrogens is 1. The Morgan fingerprint density at radius 3 is 2.16 bits per heavy atom. The lowest BCUT2D eigenvalue weighted by molar-refractivity contribution is -0.671. The lowest BCUT2D eigenvalue weighted by Gasteiger charge is -2.19. The molecule has 4 N–H and O–H groups in total. The molecule has 1 aromatic heterocycles. The van der Waals surface area contributed by atoms with E-state index in [2.05, 4.69) is 51.1 Å². The number of benzene rings is 3. The van der Waals surface area contributed by atoms with Crippen LogP contribution >= 0.6 is 0 Å². The third kappa shape index (κ3) is 6.21. The van der Waals surface area contributed by atoms with Gasteiger partial charge in [0, 0.05) is 16.6 Å². The minimum atomic E-state index is -0.984. The van der Waals surface area contributed by atoms with Crippen LogP contribution in [0.25, 0.3) is 27.7 Å². The van der Waals surface area contributed by atoms with Crippen molar-refractivity contribution in [3.8, 4) is 22.6 Å². The van der Waals surface area contributed by atoms with Crippen LogP contribution in [0.1, 0.15) is 56.2 Å². The van der Waals surface area contributed by atoms with Crippen LogP contribution in [0.15, 0.2) is 66.7 Å². The van der Waals surface area contributed by atoms with E-state index >= 15 is 0 Å². The van der Waals surface area contributed by atoms with Crippen LogP contribution in [0.4, 0.5) is 0 Å². The summed E-state index contributed by atoms with van der Waals surface area (Å²) in [7, 11) is 0. The maximum atomic E-state index is 12.6. The predicted molar refractivity (Wildman–Crippen MR) is 148 cm³/mol. The smallest absolute Gasteiger partial charge is 0.353 e. The Morgan fingerprint density at radius 1 is 0.974 bits per heavy atom. The highest BCUT2D eigenvalue weighted by Gasteiger charge is 2.25. The number of aliphatic hydroxyl groups excluding tert-OH is 1. The molecular formula is C31H37ClN2O4. The maximum absolute atomic E-state index is 12.6. The fourth-order valence-corrected chi connectivity index (χ4v) is 4.68. The van der Waals surface area contributed by atoms with Crippen LogP contribution in [0.3, 0.4) is 0 Å². The van der Waals surface area contributed by atoms with Crippen LogP contribution in [-0.2, 0) is 12.0 Å². The van der Waals surface area contributed by atoms with Gasteiger partial charge in [-0.25, -0.2) is 4.79 Å². The number of aromatic carboxylic acids is 1. The van der Waals surface area contributed by atoms with Crippen molar-refractivity contribution in [1.29, 1.82) is 0 Å². The second kappa shape index (κ2) is 12.0. The largest absolute Gasteiger partial charge is 1.00 e. The molecule has 0 fully saturated rings. The first-order valence-electron chi connectivity index (χ1n) is 12.8. The molecule has 0 aliphatic carbocycles. The van der Waals surface area contributed by atoms with E-state index in [-0.39, 0.29) is 36.2 Å². The standard InChI is InChI=1S/C31H36N2O4.ClH/c1-20(2)37-25-13-11-24(12-14-25)33-28-15-8-22(21-6-9-23(10-7-21)31(3,4)5)18-26(28)27(19-32-16-17-34)29(33)30(35)36;/h6-15,18,20,32,34H,16-17,19H2,1-5H3,(H,35,36);1H. The molecule has 4 rings (SSSR count). The number of fused-ring (bicyclic) bond motifs is 1. The molecule has 0 amide bonds. The number of hydrogen-bond donors (Lipinski definition) is 3. The molecule has 7 heteroatoms. The number of rotatable bonds is 9. The van der Waals surface area contributed by atoms with E-state index in [4.69, 9.17) is 4.74 Å². The quantitative estimate of drug-likeness (QED) is 0.286. The fourth-order valence-electron chi connectivity index (χ4n) is 4.68. The summed E-state index contributed by atoms with van der Waals surface area (Å²) in [4.78, 5) is 12.6. The van der Waals surface area contributed by atoms with Gasteiger partial charge < -0.3 is 37.2 Å². The van der Waals surface area contributed by atoms with E-state index in [9.17, 15) is 15.0 Å². The van der Waals surface area contributed by atoms with Crippen molar-refractivity contribution >= 4 is 16.9 Å². The van der Waals surface area contributed by atoms with E-state index in [0.717, 1.165) is 39.0 Å². The summed E-state index contributed by atoms with van der Waals surface area (Å²) in [5.74, 6) is -0.244. The summed E-state index contributed by atoms with van der Waals surface area (Å²) in [6, 6.07) is 22.2. The number of carboxylic acid groups (broad SMARTS) is 1. The van der Waals surface area contributed by atoms with Gasteiger partial charge in [0.2, 0.25) is 0 Å². The molecule has 0 aliphatic rings. The molecule has 0 atom stereocenters. The van der Waals surface area contributed by atoms with E-state index in [1.807, 2.05) is 60.1 Å². The molecule has 0 bridgehead atoms. The Bertz CT molecular complexity index is 1380. The minimum Gasteiger partial charge on any atom is -1.00 e. The predicted octanol–water partition coefficient (Wildman–Crippen LogP) is 2.14. The van der Waals surface area contributed by atoms with E-state index in [1.54, 1.807) is 0 Å². The number of hydrogen-bond acceptors (Lipinski definition) is 3. The molecule has 1 heterocycles. The number of ether oxygens (including phenoxy) is 1. The summed E-state index contributed by atoms with van der Waals surface area (Å²) in [5, 5.41) is 22.5. The molecular weight excluding hydrogens is 500 g/mol. The van der Waals surface area contributed by atoms with Crippen molar-refractivity contribution in [2.24, 2.45) is 0 Å². The van der Waals surface area contributed by atoms with E-state index in [1.165, 1.54) is 5.56 Å². The summed E-state index contributed by atoms with van der Waals surface area (Å²) in [5.41, 5.74) is 6.02.